The van der Waals surface area contributed by atoms with Crippen LogP contribution in [0.5, 0.6) is 0 Å². The highest BCUT2D eigenvalue weighted by Crippen LogP contribution is 2.27. The van der Waals surface area contributed by atoms with Gasteiger partial charge in [0.1, 0.15) is 0 Å². The van der Waals surface area contributed by atoms with Gasteiger partial charge in [-0.3, -0.25) is 14.6 Å². The van der Waals surface area contributed by atoms with Crippen LogP contribution in [0.4, 0.5) is 5.69 Å². The van der Waals surface area contributed by atoms with Crippen molar-refractivity contribution >= 4 is 28.8 Å². The predicted molar refractivity (Wildman–Crippen MR) is 116 cm³/mol. The van der Waals surface area contributed by atoms with E-state index in [-0.39, 0.29) is 24.2 Å². The topological polar surface area (TPSA) is 62.3 Å². The van der Waals surface area contributed by atoms with Gasteiger partial charge in [-0.1, -0.05) is 6.07 Å². The van der Waals surface area contributed by atoms with Gasteiger partial charge in [-0.05, 0) is 71.1 Å². The molecule has 1 atom stereocenters. The highest BCUT2D eigenvalue weighted by molar-refractivity contribution is 7.08. The number of rotatable bonds is 5. The largest absolute Gasteiger partial charge is 0.352 e. The molecule has 1 saturated heterocycles. The SMILES string of the molecule is Cc1ccc(N2C[C@H](C(=O)NCc3cncc(-c4ccsc4)c3)CC2=O)cc1C. The molecule has 5 nitrogen and oxygen atoms in total. The van der Waals surface area contributed by atoms with Crippen LogP contribution >= 0.6 is 11.3 Å². The number of amides is 2. The Kier molecular flexibility index (Phi) is 5.45. The first-order valence-corrected chi connectivity index (χ1v) is 10.6. The van der Waals surface area contributed by atoms with Crippen molar-refractivity contribution in [3.8, 4) is 11.1 Å². The Balaban J connectivity index is 1.39. The molecular formula is C23H23N3O2S. The van der Waals surface area contributed by atoms with E-state index in [1.165, 1.54) is 5.56 Å². The summed E-state index contributed by atoms with van der Waals surface area (Å²) in [7, 11) is 0. The Morgan fingerprint density at radius 2 is 2.03 bits per heavy atom. The van der Waals surface area contributed by atoms with Crippen molar-refractivity contribution in [3.05, 3.63) is 70.2 Å². The van der Waals surface area contributed by atoms with Gasteiger partial charge in [0.25, 0.3) is 0 Å². The number of aromatic nitrogens is 1. The Morgan fingerprint density at radius 3 is 2.79 bits per heavy atom. The molecule has 0 unspecified atom stereocenters. The highest BCUT2D eigenvalue weighted by atomic mass is 32.1. The minimum absolute atomic E-state index is 0.00507. The Labute approximate surface area is 174 Å². The maximum Gasteiger partial charge on any atom is 0.227 e. The second kappa shape index (κ2) is 8.17. The van der Waals surface area contributed by atoms with Gasteiger partial charge in [0.15, 0.2) is 0 Å². The van der Waals surface area contributed by atoms with E-state index in [9.17, 15) is 9.59 Å². The van der Waals surface area contributed by atoms with Crippen molar-refractivity contribution < 1.29 is 9.59 Å². The molecule has 0 bridgehead atoms. The summed E-state index contributed by atoms with van der Waals surface area (Å²) >= 11 is 1.64. The molecule has 6 heteroatoms. The zero-order chi connectivity index (χ0) is 20.4. The maximum absolute atomic E-state index is 12.7. The van der Waals surface area contributed by atoms with E-state index in [1.807, 2.05) is 49.7 Å². The number of nitrogens with one attached hydrogen (secondary N) is 1. The first-order chi connectivity index (χ1) is 14.0. The molecule has 148 valence electrons. The lowest BCUT2D eigenvalue weighted by molar-refractivity contribution is -0.126. The second-order valence-corrected chi connectivity index (χ2v) is 8.27. The molecule has 0 spiro atoms. The van der Waals surface area contributed by atoms with Crippen molar-refractivity contribution in [2.45, 2.75) is 26.8 Å². The number of carbonyl (C=O) groups is 2. The summed E-state index contributed by atoms with van der Waals surface area (Å²) in [5, 5.41) is 7.08. The van der Waals surface area contributed by atoms with Gasteiger partial charge in [0.05, 0.1) is 5.92 Å². The van der Waals surface area contributed by atoms with E-state index in [0.717, 1.165) is 27.9 Å². The van der Waals surface area contributed by atoms with E-state index < -0.39 is 0 Å². The molecular weight excluding hydrogens is 382 g/mol. The van der Waals surface area contributed by atoms with E-state index in [4.69, 9.17) is 0 Å². The van der Waals surface area contributed by atoms with Crippen LogP contribution < -0.4 is 10.2 Å². The monoisotopic (exact) mass is 405 g/mol. The van der Waals surface area contributed by atoms with E-state index in [2.05, 4.69) is 21.7 Å². The molecule has 2 aromatic heterocycles. The van der Waals surface area contributed by atoms with Crippen molar-refractivity contribution in [2.75, 3.05) is 11.4 Å². The first kappa shape index (κ1) is 19.3. The maximum atomic E-state index is 12.7. The number of nitrogens with zero attached hydrogens (tertiary/aromatic N) is 2. The van der Waals surface area contributed by atoms with Crippen molar-refractivity contribution in [1.82, 2.24) is 10.3 Å². The van der Waals surface area contributed by atoms with Crippen LogP contribution in [0.2, 0.25) is 0 Å². The minimum atomic E-state index is -0.336. The van der Waals surface area contributed by atoms with Crippen LogP contribution in [0.25, 0.3) is 11.1 Å². The molecule has 1 aliphatic rings. The number of aryl methyl sites for hydroxylation is 2. The molecule has 1 fully saturated rings. The van der Waals surface area contributed by atoms with Crippen LogP contribution in [0, 0.1) is 19.8 Å². The highest BCUT2D eigenvalue weighted by Gasteiger charge is 2.35. The lowest BCUT2D eigenvalue weighted by Gasteiger charge is -2.18. The fourth-order valence-electron chi connectivity index (χ4n) is 3.53. The van der Waals surface area contributed by atoms with E-state index in [0.29, 0.717) is 13.1 Å². The summed E-state index contributed by atoms with van der Waals surface area (Å²) in [6, 6.07) is 10.1. The number of thiophene rings is 1. The average Bonchev–Trinajstić information content (AvgIpc) is 3.39. The molecule has 0 radical (unpaired) electrons. The molecule has 0 saturated carbocycles. The van der Waals surface area contributed by atoms with Crippen molar-refractivity contribution in [1.29, 1.82) is 0 Å². The third-order valence-electron chi connectivity index (χ3n) is 5.41. The van der Waals surface area contributed by atoms with Gasteiger partial charge in [-0.25, -0.2) is 0 Å². The van der Waals surface area contributed by atoms with E-state index >= 15 is 0 Å². The normalized spacial score (nSPS) is 16.3. The molecule has 0 aliphatic carbocycles. The fourth-order valence-corrected chi connectivity index (χ4v) is 4.20. The predicted octanol–water partition coefficient (Wildman–Crippen LogP) is 4.10. The average molecular weight is 406 g/mol. The third-order valence-corrected chi connectivity index (χ3v) is 6.10. The van der Waals surface area contributed by atoms with Crippen molar-refractivity contribution in [2.24, 2.45) is 5.92 Å². The van der Waals surface area contributed by atoms with Crippen LogP contribution in [-0.2, 0) is 16.1 Å². The second-order valence-electron chi connectivity index (χ2n) is 7.49. The lowest BCUT2D eigenvalue weighted by atomic mass is 10.1. The van der Waals surface area contributed by atoms with E-state index in [1.54, 1.807) is 22.4 Å². The van der Waals surface area contributed by atoms with Crippen LogP contribution in [0.1, 0.15) is 23.1 Å². The summed E-state index contributed by atoms with van der Waals surface area (Å²) in [5.74, 6) is -0.433. The van der Waals surface area contributed by atoms with Gasteiger partial charge in [0, 0.05) is 43.2 Å². The van der Waals surface area contributed by atoms with Crippen LogP contribution in [0.15, 0.2) is 53.5 Å². The number of anilines is 1. The van der Waals surface area contributed by atoms with Gasteiger partial charge in [0.2, 0.25) is 11.8 Å². The Hall–Kier alpha value is -2.99. The fraction of sp³-hybridized carbons (Fsp3) is 0.261. The molecule has 1 N–H and O–H groups in total. The lowest BCUT2D eigenvalue weighted by Crippen LogP contribution is -2.32. The standard InChI is InChI=1S/C23H23N3O2S/c1-15-3-4-21(7-16(15)2)26-13-20(9-22(26)27)23(28)25-11-17-8-19(12-24-10-17)18-5-6-29-14-18/h3-8,10,12,14,20H,9,11,13H2,1-2H3,(H,25,28)/t20-/m1/s1. The minimum Gasteiger partial charge on any atom is -0.352 e. The quantitative estimate of drug-likeness (QED) is 0.695. The molecule has 1 aliphatic heterocycles. The molecule has 3 heterocycles. The number of hydrogen-bond donors (Lipinski definition) is 1. The van der Waals surface area contributed by atoms with Gasteiger partial charge in [-0.15, -0.1) is 0 Å². The van der Waals surface area contributed by atoms with Crippen molar-refractivity contribution in [3.63, 3.8) is 0 Å². The number of benzene rings is 1. The number of pyridine rings is 1. The van der Waals surface area contributed by atoms with Gasteiger partial charge >= 0.3 is 0 Å². The zero-order valence-electron chi connectivity index (χ0n) is 16.5. The smallest absolute Gasteiger partial charge is 0.227 e. The molecule has 4 rings (SSSR count). The molecule has 29 heavy (non-hydrogen) atoms. The van der Waals surface area contributed by atoms with Gasteiger partial charge in [-0.2, -0.15) is 11.3 Å². The summed E-state index contributed by atoms with van der Waals surface area (Å²) in [6.45, 7) is 4.89. The van der Waals surface area contributed by atoms with Crippen LogP contribution in [0.3, 0.4) is 0 Å². The van der Waals surface area contributed by atoms with Gasteiger partial charge < -0.3 is 10.2 Å². The number of hydrogen-bond acceptors (Lipinski definition) is 4. The molecule has 2 amide bonds. The zero-order valence-corrected chi connectivity index (χ0v) is 17.3. The Bertz CT molecular complexity index is 1050. The molecule has 3 aromatic rings. The summed E-state index contributed by atoms with van der Waals surface area (Å²) in [4.78, 5) is 31.1. The first-order valence-electron chi connectivity index (χ1n) is 9.63. The summed E-state index contributed by atoms with van der Waals surface area (Å²) in [6.07, 6.45) is 3.83. The summed E-state index contributed by atoms with van der Waals surface area (Å²) < 4.78 is 0. The molecule has 1 aromatic carbocycles. The third kappa shape index (κ3) is 4.22. The van der Waals surface area contributed by atoms with Crippen LogP contribution in [-0.4, -0.2) is 23.3 Å². The number of carbonyl (C=O) groups excluding carboxylic acids is 2. The summed E-state index contributed by atoms with van der Waals surface area (Å²) in [5.41, 5.74) is 6.30. The Morgan fingerprint density at radius 1 is 1.17 bits per heavy atom.